The average molecular weight is 374 g/mol. The van der Waals surface area contributed by atoms with Crippen LogP contribution >= 0.6 is 0 Å². The Morgan fingerprint density at radius 1 is 1.04 bits per heavy atom. The number of nitrogens with zero attached hydrogens (tertiary/aromatic N) is 2. The van der Waals surface area contributed by atoms with Gasteiger partial charge in [0, 0.05) is 18.0 Å². The maximum Gasteiger partial charge on any atom is 0.137 e. The van der Waals surface area contributed by atoms with Crippen LogP contribution in [0.2, 0.25) is 0 Å². The molecule has 0 atom stereocenters. The Kier molecular flexibility index (Phi) is 6.09. The summed E-state index contributed by atoms with van der Waals surface area (Å²) in [7, 11) is 0. The van der Waals surface area contributed by atoms with Crippen molar-refractivity contribution in [2.75, 3.05) is 0 Å². The number of allylic oxidation sites excluding steroid dienone is 4. The monoisotopic (exact) mass is 373 g/mol. The highest BCUT2D eigenvalue weighted by Crippen LogP contribution is 2.25. The Hall–Kier alpha value is -3.14. The molecule has 0 radical (unpaired) electrons. The summed E-state index contributed by atoms with van der Waals surface area (Å²) in [5, 5.41) is 7.81. The van der Waals surface area contributed by atoms with Crippen LogP contribution in [0, 0.1) is 11.3 Å². The van der Waals surface area contributed by atoms with Crippen molar-refractivity contribution in [3.05, 3.63) is 72.7 Å². The van der Waals surface area contributed by atoms with E-state index in [9.17, 15) is 0 Å². The van der Waals surface area contributed by atoms with Crippen LogP contribution in [-0.2, 0) is 0 Å². The minimum Gasteiger partial charge on any atom is -0.491 e. The van der Waals surface area contributed by atoms with E-state index in [-0.39, 0.29) is 6.10 Å². The summed E-state index contributed by atoms with van der Waals surface area (Å²) in [6, 6.07) is 12.2. The summed E-state index contributed by atoms with van der Waals surface area (Å²) >= 11 is 0. The van der Waals surface area contributed by atoms with Crippen molar-refractivity contribution in [1.82, 2.24) is 9.38 Å². The fraction of sp³-hybridized carbons (Fsp3) is 0.250. The number of hydrogen-bond donors (Lipinski definition) is 1. The third-order valence-electron chi connectivity index (χ3n) is 4.29. The molecule has 0 aliphatic heterocycles. The molecule has 2 heterocycles. The first-order chi connectivity index (χ1) is 13.5. The number of rotatable bonds is 7. The fourth-order valence-corrected chi connectivity index (χ4v) is 2.95. The van der Waals surface area contributed by atoms with Gasteiger partial charge < -0.3 is 10.1 Å². The summed E-state index contributed by atoms with van der Waals surface area (Å²) in [6.45, 7) is 8.30. The van der Waals surface area contributed by atoms with Crippen LogP contribution in [0.4, 0.5) is 0 Å². The molecular formula is C24H27N3O. The molecule has 0 aliphatic rings. The molecule has 3 rings (SSSR count). The van der Waals surface area contributed by atoms with E-state index in [0.717, 1.165) is 33.8 Å². The van der Waals surface area contributed by atoms with Crippen LogP contribution in [0.25, 0.3) is 22.3 Å². The van der Waals surface area contributed by atoms with Crippen LogP contribution < -0.4 is 4.74 Å². The Labute approximate surface area is 166 Å². The predicted octanol–water partition coefficient (Wildman–Crippen LogP) is 6.03. The molecule has 4 heteroatoms. The van der Waals surface area contributed by atoms with Gasteiger partial charge in [0.15, 0.2) is 0 Å². The molecular weight excluding hydrogens is 346 g/mol. The molecule has 3 aromatic rings. The molecule has 2 aromatic heterocycles. The molecule has 0 aliphatic carbocycles. The van der Waals surface area contributed by atoms with E-state index in [2.05, 4.69) is 49.3 Å². The lowest BCUT2D eigenvalue weighted by Crippen LogP contribution is -2.05. The van der Waals surface area contributed by atoms with Crippen molar-refractivity contribution >= 4 is 17.4 Å². The van der Waals surface area contributed by atoms with Gasteiger partial charge in [-0.1, -0.05) is 44.2 Å². The van der Waals surface area contributed by atoms with E-state index in [0.29, 0.717) is 5.92 Å². The van der Waals surface area contributed by atoms with Gasteiger partial charge in [-0.15, -0.1) is 0 Å². The van der Waals surface area contributed by atoms with E-state index in [1.165, 1.54) is 6.21 Å². The van der Waals surface area contributed by atoms with Gasteiger partial charge >= 0.3 is 0 Å². The van der Waals surface area contributed by atoms with Gasteiger partial charge in [0.2, 0.25) is 0 Å². The van der Waals surface area contributed by atoms with Gasteiger partial charge in [-0.2, -0.15) is 0 Å². The van der Waals surface area contributed by atoms with Crippen molar-refractivity contribution in [3.8, 4) is 16.9 Å². The van der Waals surface area contributed by atoms with Gasteiger partial charge in [0.05, 0.1) is 18.0 Å². The predicted molar refractivity (Wildman–Crippen MR) is 117 cm³/mol. The Balaban J connectivity index is 1.97. The molecule has 0 bridgehead atoms. The summed E-state index contributed by atoms with van der Waals surface area (Å²) in [5.74, 6) is 1.34. The van der Waals surface area contributed by atoms with Gasteiger partial charge in [-0.05, 0) is 55.2 Å². The van der Waals surface area contributed by atoms with E-state index >= 15 is 0 Å². The number of pyridine rings is 1. The second-order valence-electron chi connectivity index (χ2n) is 7.38. The number of benzene rings is 1. The number of ether oxygens (including phenoxy) is 1. The van der Waals surface area contributed by atoms with Crippen molar-refractivity contribution in [1.29, 1.82) is 5.41 Å². The van der Waals surface area contributed by atoms with E-state index in [4.69, 9.17) is 10.1 Å². The molecule has 0 spiro atoms. The standard InChI is InChI=1S/C24H27N3O/c1-17(2)6-5-7-20(14-25)23-15-26-24-13-10-21(16-27(23)24)19-8-11-22(12-9-19)28-18(3)4/h5-18,25H,1-4H3/b6-5+,20-7+,25-14?. The highest BCUT2D eigenvalue weighted by molar-refractivity contribution is 6.08. The van der Waals surface area contributed by atoms with Crippen molar-refractivity contribution in [2.45, 2.75) is 33.8 Å². The summed E-state index contributed by atoms with van der Waals surface area (Å²) in [6.07, 6.45) is 11.5. The summed E-state index contributed by atoms with van der Waals surface area (Å²) in [5.41, 5.74) is 4.78. The third kappa shape index (κ3) is 4.58. The maximum atomic E-state index is 7.81. The smallest absolute Gasteiger partial charge is 0.137 e. The number of hydrogen-bond acceptors (Lipinski definition) is 3. The van der Waals surface area contributed by atoms with Crippen LogP contribution in [0.5, 0.6) is 5.75 Å². The van der Waals surface area contributed by atoms with E-state index in [1.54, 1.807) is 0 Å². The van der Waals surface area contributed by atoms with Gasteiger partial charge in [-0.25, -0.2) is 4.98 Å². The molecule has 1 aromatic carbocycles. The van der Waals surface area contributed by atoms with Gasteiger partial charge in [-0.3, -0.25) is 4.40 Å². The van der Waals surface area contributed by atoms with Crippen LogP contribution in [0.15, 0.2) is 67.0 Å². The zero-order chi connectivity index (χ0) is 20.1. The average Bonchev–Trinajstić information content (AvgIpc) is 3.08. The van der Waals surface area contributed by atoms with Gasteiger partial charge in [0.25, 0.3) is 0 Å². The minimum atomic E-state index is 0.159. The second-order valence-corrected chi connectivity index (χ2v) is 7.38. The SMILES string of the molecule is CC(C)/C=C/C=C(\C=N)c1cnc2ccc(-c3ccc(OC(C)C)cc3)cn12. The third-order valence-corrected chi connectivity index (χ3v) is 4.29. The molecule has 0 saturated heterocycles. The molecule has 0 unspecified atom stereocenters. The molecule has 0 saturated carbocycles. The normalized spacial score (nSPS) is 12.4. The van der Waals surface area contributed by atoms with Gasteiger partial charge in [0.1, 0.15) is 11.4 Å². The Bertz CT molecular complexity index is 1010. The highest BCUT2D eigenvalue weighted by Gasteiger charge is 2.08. The summed E-state index contributed by atoms with van der Waals surface area (Å²) in [4.78, 5) is 4.49. The largest absolute Gasteiger partial charge is 0.491 e. The lowest BCUT2D eigenvalue weighted by Gasteiger charge is -2.10. The van der Waals surface area contributed by atoms with E-state index in [1.807, 2.05) is 54.8 Å². The lowest BCUT2D eigenvalue weighted by molar-refractivity contribution is 0.242. The maximum absolute atomic E-state index is 7.81. The number of nitrogens with one attached hydrogen (secondary N) is 1. The molecule has 1 N–H and O–H groups in total. The molecule has 0 fully saturated rings. The second kappa shape index (κ2) is 8.70. The number of imidazole rings is 1. The van der Waals surface area contributed by atoms with Crippen molar-refractivity contribution in [3.63, 3.8) is 0 Å². The first-order valence-corrected chi connectivity index (χ1v) is 9.61. The molecule has 0 amide bonds. The molecule has 144 valence electrons. The zero-order valence-electron chi connectivity index (χ0n) is 16.9. The van der Waals surface area contributed by atoms with Crippen molar-refractivity contribution < 1.29 is 4.74 Å². The quantitative estimate of drug-likeness (QED) is 0.406. The first-order valence-electron chi connectivity index (χ1n) is 9.61. The Morgan fingerprint density at radius 3 is 2.39 bits per heavy atom. The minimum absolute atomic E-state index is 0.159. The molecule has 28 heavy (non-hydrogen) atoms. The molecule has 4 nitrogen and oxygen atoms in total. The Morgan fingerprint density at radius 2 is 1.75 bits per heavy atom. The fourth-order valence-electron chi connectivity index (χ4n) is 2.95. The number of aromatic nitrogens is 2. The van der Waals surface area contributed by atoms with Crippen LogP contribution in [-0.4, -0.2) is 21.7 Å². The highest BCUT2D eigenvalue weighted by atomic mass is 16.5. The van der Waals surface area contributed by atoms with Crippen LogP contribution in [0.3, 0.4) is 0 Å². The van der Waals surface area contributed by atoms with Crippen LogP contribution in [0.1, 0.15) is 33.4 Å². The summed E-state index contributed by atoms with van der Waals surface area (Å²) < 4.78 is 7.76. The first kappa shape index (κ1) is 19.6. The zero-order valence-corrected chi connectivity index (χ0v) is 16.9. The van der Waals surface area contributed by atoms with E-state index < -0.39 is 0 Å². The van der Waals surface area contributed by atoms with Crippen molar-refractivity contribution in [2.24, 2.45) is 5.92 Å². The lowest BCUT2D eigenvalue weighted by atomic mass is 10.1. The topological polar surface area (TPSA) is 50.4 Å². The number of fused-ring (bicyclic) bond motifs is 1.